The lowest BCUT2D eigenvalue weighted by Gasteiger charge is -2.33. The summed E-state index contributed by atoms with van der Waals surface area (Å²) in [7, 11) is -1.64. The van der Waals surface area contributed by atoms with Gasteiger partial charge in [-0.3, -0.25) is 0 Å². The van der Waals surface area contributed by atoms with E-state index in [2.05, 4.69) is 19.2 Å². The summed E-state index contributed by atoms with van der Waals surface area (Å²) in [5.74, 6) is 0. The first-order chi connectivity index (χ1) is 9.84. The summed E-state index contributed by atoms with van der Waals surface area (Å²) >= 11 is 7.94. The lowest BCUT2D eigenvalue weighted by Crippen LogP contribution is -2.43. The van der Waals surface area contributed by atoms with Gasteiger partial charge in [0, 0.05) is 35.2 Å². The van der Waals surface area contributed by atoms with Crippen molar-refractivity contribution in [2.24, 2.45) is 0 Å². The number of hydrogen-bond acceptors (Lipinski definition) is 4. The molecule has 0 bridgehead atoms. The maximum Gasteiger partial charge on any atom is 0.243 e. The fourth-order valence-corrected chi connectivity index (χ4v) is 5.88. The number of sulfonamides is 1. The second-order valence-electron chi connectivity index (χ2n) is 5.36. The lowest BCUT2D eigenvalue weighted by molar-refractivity contribution is 0.405. The molecule has 118 valence electrons. The van der Waals surface area contributed by atoms with Gasteiger partial charge in [-0.1, -0.05) is 25.4 Å². The number of thioether (sulfide) groups is 1. The monoisotopic (exact) mass is 348 g/mol. The third kappa shape index (κ3) is 3.93. The average molecular weight is 349 g/mol. The van der Waals surface area contributed by atoms with Crippen LogP contribution in [0.25, 0.3) is 0 Å². The number of benzene rings is 1. The molecule has 2 rings (SSSR count). The minimum absolute atomic E-state index is 0.313. The maximum absolute atomic E-state index is 12.8. The summed E-state index contributed by atoms with van der Waals surface area (Å²) in [6.45, 7) is 5.79. The summed E-state index contributed by atoms with van der Waals surface area (Å²) in [6, 6.07) is 4.92. The number of nitrogens with zero attached hydrogens (tertiary/aromatic N) is 1. The van der Waals surface area contributed by atoms with E-state index in [0.29, 0.717) is 40.1 Å². The van der Waals surface area contributed by atoms with Crippen LogP contribution in [0.15, 0.2) is 23.1 Å². The molecule has 0 radical (unpaired) electrons. The van der Waals surface area contributed by atoms with Gasteiger partial charge in [0.05, 0.1) is 4.90 Å². The molecule has 7 heteroatoms. The third-order valence-corrected chi connectivity index (χ3v) is 6.83. The first kappa shape index (κ1) is 17.1. The van der Waals surface area contributed by atoms with Gasteiger partial charge in [-0.25, -0.2) is 8.42 Å². The van der Waals surface area contributed by atoms with Crippen LogP contribution in [0.4, 0.5) is 0 Å². The standard InChI is InChI=1S/C14H21ClN2O2S2/c1-10-8-17(9-11(2)20-10)21(18,19)13-4-5-14(15)12(6-13)7-16-3/h4-6,10-11,16H,7-9H2,1-3H3. The highest BCUT2D eigenvalue weighted by Gasteiger charge is 2.32. The molecule has 1 N–H and O–H groups in total. The Hall–Kier alpha value is -0.270. The van der Waals surface area contributed by atoms with E-state index in [0.717, 1.165) is 5.56 Å². The second kappa shape index (κ2) is 6.87. The fraction of sp³-hybridized carbons (Fsp3) is 0.571. The molecular formula is C14H21ClN2O2S2. The SMILES string of the molecule is CNCc1cc(S(=O)(=O)N2CC(C)SC(C)C2)ccc1Cl. The van der Waals surface area contributed by atoms with Gasteiger partial charge in [0.15, 0.2) is 0 Å². The van der Waals surface area contributed by atoms with E-state index in [-0.39, 0.29) is 0 Å². The van der Waals surface area contributed by atoms with Crippen molar-refractivity contribution in [2.75, 3.05) is 20.1 Å². The molecule has 1 heterocycles. The van der Waals surface area contributed by atoms with Gasteiger partial charge in [0.2, 0.25) is 10.0 Å². The van der Waals surface area contributed by atoms with Crippen LogP contribution in [0.1, 0.15) is 19.4 Å². The molecule has 0 amide bonds. The number of nitrogens with one attached hydrogen (secondary N) is 1. The van der Waals surface area contributed by atoms with E-state index in [1.807, 2.05) is 18.8 Å². The topological polar surface area (TPSA) is 49.4 Å². The quantitative estimate of drug-likeness (QED) is 0.908. The van der Waals surface area contributed by atoms with Crippen LogP contribution in [0, 0.1) is 0 Å². The van der Waals surface area contributed by atoms with Gasteiger partial charge >= 0.3 is 0 Å². The molecule has 1 saturated heterocycles. The minimum Gasteiger partial charge on any atom is -0.316 e. The van der Waals surface area contributed by atoms with Crippen LogP contribution in [-0.4, -0.2) is 43.4 Å². The molecule has 0 aromatic heterocycles. The van der Waals surface area contributed by atoms with E-state index < -0.39 is 10.0 Å². The fourth-order valence-electron chi connectivity index (χ4n) is 2.51. The van der Waals surface area contributed by atoms with E-state index in [9.17, 15) is 8.42 Å². The van der Waals surface area contributed by atoms with Gasteiger partial charge in [-0.15, -0.1) is 0 Å². The van der Waals surface area contributed by atoms with Crippen molar-refractivity contribution >= 4 is 33.4 Å². The Kier molecular flexibility index (Phi) is 5.59. The molecule has 2 atom stereocenters. The van der Waals surface area contributed by atoms with Crippen molar-refractivity contribution in [3.8, 4) is 0 Å². The number of hydrogen-bond donors (Lipinski definition) is 1. The molecule has 1 aliphatic rings. The minimum atomic E-state index is -3.45. The molecule has 2 unspecified atom stereocenters. The molecule has 0 saturated carbocycles. The van der Waals surface area contributed by atoms with Gasteiger partial charge < -0.3 is 5.32 Å². The summed E-state index contributed by atoms with van der Waals surface area (Å²) in [5, 5.41) is 4.21. The van der Waals surface area contributed by atoms with Crippen molar-refractivity contribution in [1.29, 1.82) is 0 Å². The van der Waals surface area contributed by atoms with Crippen molar-refractivity contribution in [1.82, 2.24) is 9.62 Å². The van der Waals surface area contributed by atoms with Crippen LogP contribution in [0.2, 0.25) is 5.02 Å². The van der Waals surface area contributed by atoms with Crippen LogP contribution in [0.3, 0.4) is 0 Å². The normalized spacial score (nSPS) is 24.2. The molecule has 1 fully saturated rings. The molecule has 4 nitrogen and oxygen atoms in total. The van der Waals surface area contributed by atoms with Gasteiger partial charge in [0.25, 0.3) is 0 Å². The van der Waals surface area contributed by atoms with E-state index in [1.54, 1.807) is 22.5 Å². The van der Waals surface area contributed by atoms with Crippen molar-refractivity contribution in [2.45, 2.75) is 35.8 Å². The predicted octanol–water partition coefficient (Wildman–Crippen LogP) is 2.57. The zero-order valence-corrected chi connectivity index (χ0v) is 14.9. The average Bonchev–Trinajstić information content (AvgIpc) is 2.40. The van der Waals surface area contributed by atoms with Gasteiger partial charge in [-0.2, -0.15) is 16.1 Å². The van der Waals surface area contributed by atoms with Crippen LogP contribution in [-0.2, 0) is 16.6 Å². The summed E-state index contributed by atoms with van der Waals surface area (Å²) < 4.78 is 27.2. The molecule has 0 spiro atoms. The molecule has 1 aromatic rings. The van der Waals surface area contributed by atoms with Crippen LogP contribution < -0.4 is 5.32 Å². The predicted molar refractivity (Wildman–Crippen MR) is 89.5 cm³/mol. The molecule has 0 aliphatic carbocycles. The number of rotatable bonds is 4. The maximum atomic E-state index is 12.8. The number of halogens is 1. The van der Waals surface area contributed by atoms with Crippen LogP contribution in [0.5, 0.6) is 0 Å². The molecule has 1 aromatic carbocycles. The van der Waals surface area contributed by atoms with Gasteiger partial charge in [-0.05, 0) is 30.8 Å². The Morgan fingerprint density at radius 1 is 1.33 bits per heavy atom. The Morgan fingerprint density at radius 3 is 2.52 bits per heavy atom. The summed E-state index contributed by atoms with van der Waals surface area (Å²) in [4.78, 5) is 0.323. The second-order valence-corrected chi connectivity index (χ2v) is 9.59. The Labute approximate surface area is 136 Å². The van der Waals surface area contributed by atoms with Crippen LogP contribution >= 0.6 is 23.4 Å². The molecule has 1 aliphatic heterocycles. The zero-order valence-electron chi connectivity index (χ0n) is 12.5. The Bertz CT molecular complexity index is 597. The highest BCUT2D eigenvalue weighted by Crippen LogP contribution is 2.30. The van der Waals surface area contributed by atoms with E-state index in [1.165, 1.54) is 0 Å². The van der Waals surface area contributed by atoms with E-state index in [4.69, 9.17) is 11.6 Å². The smallest absolute Gasteiger partial charge is 0.243 e. The van der Waals surface area contributed by atoms with E-state index >= 15 is 0 Å². The third-order valence-electron chi connectivity index (χ3n) is 3.41. The first-order valence-corrected chi connectivity index (χ1v) is 9.69. The largest absolute Gasteiger partial charge is 0.316 e. The van der Waals surface area contributed by atoms with Gasteiger partial charge in [0.1, 0.15) is 0 Å². The Morgan fingerprint density at radius 2 is 1.95 bits per heavy atom. The summed E-state index contributed by atoms with van der Waals surface area (Å²) in [5.41, 5.74) is 0.799. The Balaban J connectivity index is 2.33. The highest BCUT2D eigenvalue weighted by atomic mass is 35.5. The molecular weight excluding hydrogens is 328 g/mol. The first-order valence-electron chi connectivity index (χ1n) is 6.93. The van der Waals surface area contributed by atoms with Crippen molar-refractivity contribution < 1.29 is 8.42 Å². The zero-order chi connectivity index (χ0) is 15.6. The summed E-state index contributed by atoms with van der Waals surface area (Å²) in [6.07, 6.45) is 0. The van der Waals surface area contributed by atoms with Crippen molar-refractivity contribution in [3.63, 3.8) is 0 Å². The molecule has 21 heavy (non-hydrogen) atoms. The highest BCUT2D eigenvalue weighted by molar-refractivity contribution is 8.00. The lowest BCUT2D eigenvalue weighted by atomic mass is 10.2. The van der Waals surface area contributed by atoms with Crippen molar-refractivity contribution in [3.05, 3.63) is 28.8 Å².